The van der Waals surface area contributed by atoms with Crippen LogP contribution in [0, 0.1) is 5.92 Å². The van der Waals surface area contributed by atoms with Crippen LogP contribution in [-0.2, 0) is 23.1 Å². The Labute approximate surface area is 118 Å². The van der Waals surface area contributed by atoms with E-state index in [-0.39, 0.29) is 30.7 Å². The number of hydrogen-bond acceptors (Lipinski definition) is 3. The van der Waals surface area contributed by atoms with Gasteiger partial charge >= 0.3 is 5.97 Å². The SMILES string of the molecule is CC(CC(=O)O)CC(=O)NC1CCCc2c1cnn2C. The van der Waals surface area contributed by atoms with E-state index in [1.165, 1.54) is 5.69 Å². The molecule has 2 N–H and O–H groups in total. The van der Waals surface area contributed by atoms with Gasteiger partial charge in [0.2, 0.25) is 5.91 Å². The molecule has 110 valence electrons. The molecule has 2 unspecified atom stereocenters. The Hall–Kier alpha value is -1.85. The van der Waals surface area contributed by atoms with E-state index in [1.807, 2.05) is 17.9 Å². The molecule has 6 nitrogen and oxygen atoms in total. The molecule has 0 saturated carbocycles. The Balaban J connectivity index is 1.94. The van der Waals surface area contributed by atoms with Gasteiger partial charge in [0, 0.05) is 31.1 Å². The van der Waals surface area contributed by atoms with Crippen molar-refractivity contribution in [3.63, 3.8) is 0 Å². The Morgan fingerprint density at radius 3 is 3.00 bits per heavy atom. The van der Waals surface area contributed by atoms with Gasteiger partial charge in [-0.1, -0.05) is 6.92 Å². The van der Waals surface area contributed by atoms with Crippen molar-refractivity contribution in [1.29, 1.82) is 0 Å². The Morgan fingerprint density at radius 2 is 2.30 bits per heavy atom. The molecule has 0 saturated heterocycles. The minimum absolute atomic E-state index is 0.0111. The molecule has 2 atom stereocenters. The number of aryl methyl sites for hydroxylation is 1. The monoisotopic (exact) mass is 279 g/mol. The molecule has 1 aromatic rings. The van der Waals surface area contributed by atoms with Crippen LogP contribution in [-0.4, -0.2) is 26.8 Å². The maximum absolute atomic E-state index is 12.0. The second-order valence-corrected chi connectivity index (χ2v) is 5.59. The van der Waals surface area contributed by atoms with Gasteiger partial charge < -0.3 is 10.4 Å². The first-order chi connectivity index (χ1) is 9.47. The topological polar surface area (TPSA) is 84.2 Å². The van der Waals surface area contributed by atoms with Crippen LogP contribution in [0.1, 0.15) is 49.9 Å². The average Bonchev–Trinajstić information content (AvgIpc) is 2.71. The van der Waals surface area contributed by atoms with Crippen molar-refractivity contribution >= 4 is 11.9 Å². The van der Waals surface area contributed by atoms with Crippen LogP contribution in [0.15, 0.2) is 6.20 Å². The quantitative estimate of drug-likeness (QED) is 0.853. The Kier molecular flexibility index (Phi) is 4.42. The third-order valence-electron chi connectivity index (χ3n) is 3.77. The summed E-state index contributed by atoms with van der Waals surface area (Å²) in [7, 11) is 1.91. The summed E-state index contributed by atoms with van der Waals surface area (Å²) in [4.78, 5) is 22.6. The number of fused-ring (bicyclic) bond motifs is 1. The molecule has 0 spiro atoms. The van der Waals surface area contributed by atoms with Crippen molar-refractivity contribution in [3.05, 3.63) is 17.5 Å². The number of aliphatic carboxylic acids is 1. The van der Waals surface area contributed by atoms with Crippen LogP contribution in [0.3, 0.4) is 0 Å². The first-order valence-electron chi connectivity index (χ1n) is 6.99. The predicted molar refractivity (Wildman–Crippen MR) is 73.1 cm³/mol. The number of nitrogens with zero attached hydrogens (tertiary/aromatic N) is 2. The zero-order chi connectivity index (χ0) is 14.7. The highest BCUT2D eigenvalue weighted by atomic mass is 16.4. The number of aromatic nitrogens is 2. The molecule has 0 aromatic carbocycles. The van der Waals surface area contributed by atoms with Crippen molar-refractivity contribution in [2.75, 3.05) is 0 Å². The van der Waals surface area contributed by atoms with Gasteiger partial charge in [-0.2, -0.15) is 5.10 Å². The van der Waals surface area contributed by atoms with E-state index in [2.05, 4.69) is 10.4 Å². The van der Waals surface area contributed by atoms with Gasteiger partial charge in [0.1, 0.15) is 0 Å². The number of carbonyl (C=O) groups is 2. The molecule has 0 aliphatic heterocycles. The zero-order valence-electron chi connectivity index (χ0n) is 11.9. The molecular formula is C14H21N3O3. The summed E-state index contributed by atoms with van der Waals surface area (Å²) >= 11 is 0. The maximum Gasteiger partial charge on any atom is 0.303 e. The normalized spacial score (nSPS) is 19.2. The van der Waals surface area contributed by atoms with E-state index in [1.54, 1.807) is 6.92 Å². The minimum Gasteiger partial charge on any atom is -0.481 e. The highest BCUT2D eigenvalue weighted by molar-refractivity contribution is 5.77. The second-order valence-electron chi connectivity index (χ2n) is 5.59. The van der Waals surface area contributed by atoms with E-state index in [0.717, 1.165) is 24.8 Å². The summed E-state index contributed by atoms with van der Waals surface area (Å²) in [6.45, 7) is 1.78. The van der Waals surface area contributed by atoms with Crippen molar-refractivity contribution in [2.24, 2.45) is 13.0 Å². The molecule has 1 aliphatic carbocycles. The van der Waals surface area contributed by atoms with Crippen LogP contribution < -0.4 is 5.32 Å². The summed E-state index contributed by atoms with van der Waals surface area (Å²) in [5.74, 6) is -1.09. The van der Waals surface area contributed by atoms with Crippen LogP contribution in [0.5, 0.6) is 0 Å². The van der Waals surface area contributed by atoms with E-state index < -0.39 is 5.97 Å². The predicted octanol–water partition coefficient (Wildman–Crippen LogP) is 1.41. The number of hydrogen-bond donors (Lipinski definition) is 2. The second kappa shape index (κ2) is 6.07. The molecule has 20 heavy (non-hydrogen) atoms. The van der Waals surface area contributed by atoms with Crippen molar-refractivity contribution in [1.82, 2.24) is 15.1 Å². The minimum atomic E-state index is -0.863. The van der Waals surface area contributed by atoms with E-state index >= 15 is 0 Å². The van der Waals surface area contributed by atoms with E-state index in [0.29, 0.717) is 0 Å². The van der Waals surface area contributed by atoms with Crippen molar-refractivity contribution < 1.29 is 14.7 Å². The van der Waals surface area contributed by atoms with Crippen LogP contribution in [0.25, 0.3) is 0 Å². The van der Waals surface area contributed by atoms with Crippen LogP contribution in [0.2, 0.25) is 0 Å². The molecule has 1 amide bonds. The number of carboxylic acid groups (broad SMARTS) is 1. The highest BCUT2D eigenvalue weighted by Gasteiger charge is 2.25. The molecule has 0 bridgehead atoms. The average molecular weight is 279 g/mol. The fourth-order valence-corrected chi connectivity index (χ4v) is 2.80. The number of nitrogens with one attached hydrogen (secondary N) is 1. The maximum atomic E-state index is 12.0. The molecule has 6 heteroatoms. The van der Waals surface area contributed by atoms with Gasteiger partial charge in [0.25, 0.3) is 0 Å². The zero-order valence-corrected chi connectivity index (χ0v) is 11.9. The summed E-state index contributed by atoms with van der Waals surface area (Å²) in [6, 6.07) is 0.0111. The van der Waals surface area contributed by atoms with Crippen molar-refractivity contribution in [3.8, 4) is 0 Å². The van der Waals surface area contributed by atoms with Gasteiger partial charge in [-0.3, -0.25) is 14.3 Å². The Bertz CT molecular complexity index is 510. The Morgan fingerprint density at radius 1 is 1.55 bits per heavy atom. The lowest BCUT2D eigenvalue weighted by Crippen LogP contribution is -2.32. The molecule has 0 fully saturated rings. The van der Waals surface area contributed by atoms with E-state index in [4.69, 9.17) is 5.11 Å². The fourth-order valence-electron chi connectivity index (χ4n) is 2.80. The number of carboxylic acids is 1. The summed E-state index contributed by atoms with van der Waals surface area (Å²) in [6.07, 6.45) is 5.03. The lowest BCUT2D eigenvalue weighted by Gasteiger charge is -2.24. The van der Waals surface area contributed by atoms with Gasteiger partial charge in [0.15, 0.2) is 0 Å². The van der Waals surface area contributed by atoms with Crippen LogP contribution >= 0.6 is 0 Å². The van der Waals surface area contributed by atoms with Crippen molar-refractivity contribution in [2.45, 2.75) is 45.1 Å². The van der Waals surface area contributed by atoms with Gasteiger partial charge in [-0.15, -0.1) is 0 Å². The molecule has 2 rings (SSSR count). The third kappa shape index (κ3) is 3.37. The first-order valence-corrected chi connectivity index (χ1v) is 6.99. The summed E-state index contributed by atoms with van der Waals surface area (Å²) < 4.78 is 1.86. The van der Waals surface area contributed by atoms with Gasteiger partial charge in [0.05, 0.1) is 12.2 Å². The number of rotatable bonds is 5. The molecule has 1 aliphatic rings. The number of carbonyl (C=O) groups excluding carboxylic acids is 1. The standard InChI is InChI=1S/C14H21N3O3/c1-9(7-14(19)20)6-13(18)16-11-4-3-5-12-10(11)8-15-17(12)2/h8-9,11H,3-7H2,1-2H3,(H,16,18)(H,19,20). The first kappa shape index (κ1) is 14.6. The lowest BCUT2D eigenvalue weighted by atomic mass is 9.92. The summed E-state index contributed by atoms with van der Waals surface area (Å²) in [5, 5.41) is 16.0. The molecule has 0 radical (unpaired) electrons. The third-order valence-corrected chi connectivity index (χ3v) is 3.77. The molecule has 1 heterocycles. The molecular weight excluding hydrogens is 258 g/mol. The number of amides is 1. The largest absolute Gasteiger partial charge is 0.481 e. The summed E-state index contributed by atoms with van der Waals surface area (Å²) in [5.41, 5.74) is 2.28. The van der Waals surface area contributed by atoms with Gasteiger partial charge in [-0.05, 0) is 25.2 Å². The smallest absolute Gasteiger partial charge is 0.303 e. The van der Waals surface area contributed by atoms with E-state index in [9.17, 15) is 9.59 Å². The lowest BCUT2D eigenvalue weighted by molar-refractivity contribution is -0.138. The highest BCUT2D eigenvalue weighted by Crippen LogP contribution is 2.29. The molecule has 1 aromatic heterocycles. The van der Waals surface area contributed by atoms with Gasteiger partial charge in [-0.25, -0.2) is 0 Å². The van der Waals surface area contributed by atoms with Crippen LogP contribution in [0.4, 0.5) is 0 Å². The fraction of sp³-hybridized carbons (Fsp3) is 0.643.